The van der Waals surface area contributed by atoms with Crippen molar-refractivity contribution in [1.29, 1.82) is 0 Å². The Balaban J connectivity index is 2.28. The first-order valence-corrected chi connectivity index (χ1v) is 6.10. The van der Waals surface area contributed by atoms with Crippen molar-refractivity contribution in [2.75, 3.05) is 0 Å². The van der Waals surface area contributed by atoms with Gasteiger partial charge in [-0.05, 0) is 50.9 Å². The molecule has 0 N–H and O–H groups in total. The SMILES string of the molecule is C=C1C=CC[C@@H](C)[C@@H]2CC(=C(C)C)C[C@H]12. The lowest BCUT2D eigenvalue weighted by molar-refractivity contribution is 0.319. The largest absolute Gasteiger partial charge is 0.0955 e. The zero-order valence-electron chi connectivity index (χ0n) is 10.2. The lowest BCUT2D eigenvalue weighted by Crippen LogP contribution is -2.15. The molecule has 15 heavy (non-hydrogen) atoms. The summed E-state index contributed by atoms with van der Waals surface area (Å²) in [5.74, 6) is 2.39. The van der Waals surface area contributed by atoms with Gasteiger partial charge in [0.05, 0.1) is 0 Å². The average molecular weight is 202 g/mol. The van der Waals surface area contributed by atoms with Gasteiger partial charge in [0.2, 0.25) is 0 Å². The van der Waals surface area contributed by atoms with E-state index in [9.17, 15) is 0 Å². The van der Waals surface area contributed by atoms with Crippen molar-refractivity contribution >= 4 is 0 Å². The quantitative estimate of drug-likeness (QED) is 0.507. The fraction of sp³-hybridized carbons (Fsp3) is 0.600. The minimum Gasteiger partial charge on any atom is -0.0955 e. The predicted octanol–water partition coefficient (Wildman–Crippen LogP) is 4.50. The Bertz CT molecular complexity index is 326. The Hall–Kier alpha value is -0.780. The van der Waals surface area contributed by atoms with Crippen LogP contribution in [-0.2, 0) is 0 Å². The van der Waals surface area contributed by atoms with Crippen LogP contribution < -0.4 is 0 Å². The molecule has 0 amide bonds. The highest BCUT2D eigenvalue weighted by Crippen LogP contribution is 2.47. The van der Waals surface area contributed by atoms with E-state index >= 15 is 0 Å². The molecule has 0 nitrogen and oxygen atoms in total. The second-order valence-electron chi connectivity index (χ2n) is 5.47. The van der Waals surface area contributed by atoms with Crippen LogP contribution in [-0.4, -0.2) is 0 Å². The number of allylic oxidation sites excluding steroid dienone is 5. The Morgan fingerprint density at radius 1 is 1.33 bits per heavy atom. The molecular formula is C15H22. The first-order valence-electron chi connectivity index (χ1n) is 6.10. The zero-order valence-corrected chi connectivity index (χ0v) is 10.2. The summed E-state index contributed by atoms with van der Waals surface area (Å²) in [5, 5.41) is 0. The highest BCUT2D eigenvalue weighted by molar-refractivity contribution is 5.29. The first-order chi connectivity index (χ1) is 7.09. The third-order valence-electron chi connectivity index (χ3n) is 4.22. The highest BCUT2D eigenvalue weighted by atomic mass is 14.4. The van der Waals surface area contributed by atoms with Gasteiger partial charge in [-0.2, -0.15) is 0 Å². The van der Waals surface area contributed by atoms with Crippen molar-refractivity contribution < 1.29 is 0 Å². The molecule has 0 spiro atoms. The smallest absolute Gasteiger partial charge is 0.00966 e. The van der Waals surface area contributed by atoms with Gasteiger partial charge >= 0.3 is 0 Å². The summed E-state index contributed by atoms with van der Waals surface area (Å²) in [6, 6.07) is 0. The molecule has 0 aromatic heterocycles. The van der Waals surface area contributed by atoms with E-state index < -0.39 is 0 Å². The molecule has 2 rings (SSSR count). The van der Waals surface area contributed by atoms with Gasteiger partial charge in [-0.15, -0.1) is 0 Å². The van der Waals surface area contributed by atoms with Crippen molar-refractivity contribution in [2.24, 2.45) is 17.8 Å². The molecule has 0 aromatic rings. The summed E-state index contributed by atoms with van der Waals surface area (Å²) in [6.07, 6.45) is 8.38. The van der Waals surface area contributed by atoms with Gasteiger partial charge < -0.3 is 0 Å². The summed E-state index contributed by atoms with van der Waals surface area (Å²) in [6.45, 7) is 11.1. The van der Waals surface area contributed by atoms with E-state index in [0.717, 1.165) is 17.8 Å². The highest BCUT2D eigenvalue weighted by Gasteiger charge is 2.35. The van der Waals surface area contributed by atoms with Gasteiger partial charge in [-0.25, -0.2) is 0 Å². The molecule has 0 heteroatoms. The third kappa shape index (κ3) is 1.95. The van der Waals surface area contributed by atoms with Crippen LogP contribution in [0.5, 0.6) is 0 Å². The minimum atomic E-state index is 0.726. The normalized spacial score (nSPS) is 35.3. The lowest BCUT2D eigenvalue weighted by Gasteiger charge is -2.22. The molecule has 0 aliphatic heterocycles. The maximum absolute atomic E-state index is 4.24. The Morgan fingerprint density at radius 2 is 2.07 bits per heavy atom. The second-order valence-corrected chi connectivity index (χ2v) is 5.47. The van der Waals surface area contributed by atoms with E-state index in [1.807, 2.05) is 0 Å². The van der Waals surface area contributed by atoms with Gasteiger partial charge in [-0.3, -0.25) is 0 Å². The van der Waals surface area contributed by atoms with Crippen molar-refractivity contribution in [3.63, 3.8) is 0 Å². The van der Waals surface area contributed by atoms with Gasteiger partial charge in [0.25, 0.3) is 0 Å². The summed E-state index contributed by atoms with van der Waals surface area (Å²) in [7, 11) is 0. The maximum atomic E-state index is 4.24. The van der Waals surface area contributed by atoms with E-state index in [4.69, 9.17) is 0 Å². The molecule has 0 heterocycles. The third-order valence-corrected chi connectivity index (χ3v) is 4.22. The Morgan fingerprint density at radius 3 is 2.73 bits per heavy atom. The summed E-state index contributed by atoms with van der Waals surface area (Å²) in [5.41, 5.74) is 4.58. The van der Waals surface area contributed by atoms with Crippen molar-refractivity contribution in [3.8, 4) is 0 Å². The van der Waals surface area contributed by atoms with Crippen molar-refractivity contribution in [2.45, 2.75) is 40.0 Å². The minimum absolute atomic E-state index is 0.726. The monoisotopic (exact) mass is 202 g/mol. The van der Waals surface area contributed by atoms with E-state index in [2.05, 4.69) is 39.5 Å². The fourth-order valence-corrected chi connectivity index (χ4v) is 3.07. The standard InChI is InChI=1S/C15H22/c1-10(2)13-8-14-11(3)6-5-7-12(4)15(14)9-13/h5-6,12,14-15H,3,7-9H2,1-2,4H3/t12-,14-,15+/m1/s1. The van der Waals surface area contributed by atoms with Crippen LogP contribution in [0.3, 0.4) is 0 Å². The van der Waals surface area contributed by atoms with Crippen molar-refractivity contribution in [1.82, 2.24) is 0 Å². The number of hydrogen-bond acceptors (Lipinski definition) is 0. The molecule has 2 aliphatic rings. The molecule has 0 unspecified atom stereocenters. The molecule has 0 aromatic carbocycles. The lowest BCUT2D eigenvalue weighted by atomic mass is 9.82. The van der Waals surface area contributed by atoms with Crippen LogP contribution >= 0.6 is 0 Å². The Labute approximate surface area is 93.8 Å². The molecule has 0 saturated heterocycles. The van der Waals surface area contributed by atoms with E-state index in [-0.39, 0.29) is 0 Å². The van der Waals surface area contributed by atoms with E-state index in [1.54, 1.807) is 5.57 Å². The molecule has 0 radical (unpaired) electrons. The Kier molecular flexibility index (Phi) is 2.86. The predicted molar refractivity (Wildman–Crippen MR) is 66.6 cm³/mol. The van der Waals surface area contributed by atoms with Gasteiger partial charge in [-0.1, -0.05) is 42.4 Å². The van der Waals surface area contributed by atoms with Gasteiger partial charge in [0.15, 0.2) is 0 Å². The van der Waals surface area contributed by atoms with Gasteiger partial charge in [0.1, 0.15) is 0 Å². The summed E-state index contributed by atoms with van der Waals surface area (Å²) >= 11 is 0. The van der Waals surface area contributed by atoms with Crippen molar-refractivity contribution in [3.05, 3.63) is 35.5 Å². The molecule has 82 valence electrons. The zero-order chi connectivity index (χ0) is 11.0. The van der Waals surface area contributed by atoms with Crippen LogP contribution in [0.15, 0.2) is 35.5 Å². The van der Waals surface area contributed by atoms with E-state index in [0.29, 0.717) is 0 Å². The average Bonchev–Trinajstić information content (AvgIpc) is 2.57. The van der Waals surface area contributed by atoms with Crippen LogP contribution in [0.25, 0.3) is 0 Å². The maximum Gasteiger partial charge on any atom is -0.00966 e. The molecule has 1 saturated carbocycles. The summed E-state index contributed by atoms with van der Waals surface area (Å²) in [4.78, 5) is 0. The molecule has 2 aliphatic carbocycles. The molecule has 0 bridgehead atoms. The first kappa shape index (κ1) is 10.7. The van der Waals surface area contributed by atoms with Crippen LogP contribution in [0.2, 0.25) is 0 Å². The number of fused-ring (bicyclic) bond motifs is 1. The van der Waals surface area contributed by atoms with Crippen LogP contribution in [0.1, 0.15) is 40.0 Å². The second kappa shape index (κ2) is 4.00. The van der Waals surface area contributed by atoms with Crippen LogP contribution in [0, 0.1) is 17.8 Å². The topological polar surface area (TPSA) is 0 Å². The van der Waals surface area contributed by atoms with Gasteiger partial charge in [0, 0.05) is 0 Å². The van der Waals surface area contributed by atoms with E-state index in [1.165, 1.54) is 30.4 Å². The van der Waals surface area contributed by atoms with Crippen LogP contribution in [0.4, 0.5) is 0 Å². The summed E-state index contributed by atoms with van der Waals surface area (Å²) < 4.78 is 0. The molecule has 3 atom stereocenters. The number of rotatable bonds is 0. The fourth-order valence-electron chi connectivity index (χ4n) is 3.07. The number of hydrogen-bond donors (Lipinski definition) is 0. The molecule has 1 fully saturated rings. The molecular weight excluding hydrogens is 180 g/mol.